The molecular weight excluding hydrogens is 398 g/mol. The normalized spacial score (nSPS) is 16.7. The van der Waals surface area contributed by atoms with Gasteiger partial charge in [-0.25, -0.2) is 0 Å². The molecule has 1 N–H and O–H groups in total. The molecule has 4 heteroatoms. The molecule has 0 fully saturated rings. The third kappa shape index (κ3) is 2.76. The van der Waals surface area contributed by atoms with Crippen molar-refractivity contribution in [3.05, 3.63) is 82.3 Å². The Morgan fingerprint density at radius 2 is 1.78 bits per heavy atom. The van der Waals surface area contributed by atoms with Gasteiger partial charge in [-0.15, -0.1) is 0 Å². The number of nitrogens with zero attached hydrogens (tertiary/aromatic N) is 2. The molecule has 2 heterocycles. The first-order valence-corrected chi connectivity index (χ1v) is 10.1. The lowest BCUT2D eigenvalue weighted by Gasteiger charge is -2.11. The van der Waals surface area contributed by atoms with Gasteiger partial charge >= 0.3 is 0 Å². The van der Waals surface area contributed by atoms with Crippen molar-refractivity contribution < 1.29 is 0 Å². The summed E-state index contributed by atoms with van der Waals surface area (Å²) in [5.41, 5.74) is 9.52. The summed E-state index contributed by atoms with van der Waals surface area (Å²) in [5.74, 6) is 0. The Labute approximate surface area is 166 Å². The molecule has 27 heavy (non-hydrogen) atoms. The van der Waals surface area contributed by atoms with E-state index in [1.54, 1.807) is 0 Å². The van der Waals surface area contributed by atoms with E-state index < -0.39 is 0 Å². The molecule has 0 saturated heterocycles. The largest absolute Gasteiger partial charge is 0.341 e. The van der Waals surface area contributed by atoms with Gasteiger partial charge in [-0.05, 0) is 48.4 Å². The van der Waals surface area contributed by atoms with Gasteiger partial charge in [0.25, 0.3) is 0 Å². The Morgan fingerprint density at radius 3 is 2.59 bits per heavy atom. The van der Waals surface area contributed by atoms with Gasteiger partial charge in [-0.3, -0.25) is 0 Å². The van der Waals surface area contributed by atoms with E-state index in [4.69, 9.17) is 0 Å². The van der Waals surface area contributed by atoms with Crippen LogP contribution < -0.4 is 5.43 Å². The summed E-state index contributed by atoms with van der Waals surface area (Å²) in [4.78, 5) is 0. The summed E-state index contributed by atoms with van der Waals surface area (Å²) < 4.78 is 3.48. The molecule has 1 aromatic heterocycles. The van der Waals surface area contributed by atoms with Gasteiger partial charge in [0.15, 0.2) is 0 Å². The molecule has 1 aliphatic heterocycles. The molecule has 134 valence electrons. The van der Waals surface area contributed by atoms with Crippen molar-refractivity contribution in [2.75, 3.05) is 0 Å². The van der Waals surface area contributed by atoms with Gasteiger partial charge in [0.05, 0.1) is 11.8 Å². The van der Waals surface area contributed by atoms with Gasteiger partial charge in [0.1, 0.15) is 0 Å². The Bertz CT molecular complexity index is 1170. The number of benzene rings is 3. The van der Waals surface area contributed by atoms with Crippen LogP contribution in [0.15, 0.2) is 76.3 Å². The fraction of sp³-hybridized carbons (Fsp3) is 0.174. The summed E-state index contributed by atoms with van der Waals surface area (Å²) in [6.07, 6.45) is 0.902. The number of hydrogen-bond donors (Lipinski definition) is 1. The second kappa shape index (κ2) is 6.54. The fourth-order valence-corrected chi connectivity index (χ4v) is 4.35. The summed E-state index contributed by atoms with van der Waals surface area (Å²) in [6.45, 7) is 3.18. The monoisotopic (exact) mass is 417 g/mol. The van der Waals surface area contributed by atoms with E-state index in [-0.39, 0.29) is 6.04 Å². The molecule has 1 atom stereocenters. The van der Waals surface area contributed by atoms with Crippen LogP contribution in [-0.4, -0.2) is 10.3 Å². The first-order valence-electron chi connectivity index (χ1n) is 9.33. The van der Waals surface area contributed by atoms with Crippen LogP contribution >= 0.6 is 15.9 Å². The van der Waals surface area contributed by atoms with Gasteiger partial charge in [-0.1, -0.05) is 52.3 Å². The van der Waals surface area contributed by atoms with Gasteiger partial charge in [0, 0.05) is 39.2 Å². The zero-order valence-corrected chi connectivity index (χ0v) is 16.7. The first-order chi connectivity index (χ1) is 13.2. The van der Waals surface area contributed by atoms with E-state index in [2.05, 4.69) is 105 Å². The number of fused-ring (bicyclic) bond motifs is 3. The number of rotatable bonds is 3. The zero-order valence-electron chi connectivity index (χ0n) is 15.1. The predicted molar refractivity (Wildman–Crippen MR) is 116 cm³/mol. The molecule has 0 amide bonds. The van der Waals surface area contributed by atoms with Crippen molar-refractivity contribution in [1.29, 1.82) is 0 Å². The number of para-hydroxylation sites is 1. The number of aromatic nitrogens is 1. The Balaban J connectivity index is 1.51. The lowest BCUT2D eigenvalue weighted by molar-refractivity contribution is 0.620. The molecular formula is C23H20BrN3. The van der Waals surface area contributed by atoms with Crippen LogP contribution in [0.5, 0.6) is 0 Å². The third-order valence-electron chi connectivity index (χ3n) is 5.45. The van der Waals surface area contributed by atoms with Crippen molar-refractivity contribution >= 4 is 43.4 Å². The predicted octanol–water partition coefficient (Wildman–Crippen LogP) is 6.02. The van der Waals surface area contributed by atoms with Gasteiger partial charge in [0.2, 0.25) is 0 Å². The fourth-order valence-electron chi connectivity index (χ4n) is 4.09. The lowest BCUT2D eigenvalue weighted by atomic mass is 9.98. The highest BCUT2D eigenvalue weighted by atomic mass is 79.9. The molecule has 4 aromatic rings. The van der Waals surface area contributed by atoms with Crippen molar-refractivity contribution in [2.45, 2.75) is 25.9 Å². The van der Waals surface area contributed by atoms with E-state index >= 15 is 0 Å². The van der Waals surface area contributed by atoms with Crippen LogP contribution in [0.2, 0.25) is 0 Å². The van der Waals surface area contributed by atoms with Crippen LogP contribution in [0.3, 0.4) is 0 Å². The second-order valence-corrected chi connectivity index (χ2v) is 7.90. The summed E-state index contributed by atoms with van der Waals surface area (Å²) in [6, 6.07) is 24.1. The van der Waals surface area contributed by atoms with E-state index in [9.17, 15) is 0 Å². The van der Waals surface area contributed by atoms with Crippen LogP contribution in [0, 0.1) is 0 Å². The van der Waals surface area contributed by atoms with E-state index in [0.717, 1.165) is 23.1 Å². The smallest absolute Gasteiger partial charge is 0.0746 e. The van der Waals surface area contributed by atoms with Crippen molar-refractivity contribution in [2.24, 2.45) is 5.10 Å². The highest BCUT2D eigenvalue weighted by Gasteiger charge is 2.22. The standard InChI is InChI=1S/C23H20BrN3/c1-2-27-22-6-4-3-5-18(22)19-13-16(9-12-23(19)27)21-14-20(25-26-21)15-7-10-17(24)11-8-15/h3-13,21,26H,2,14H2,1H3/t21-/m1/s1. The summed E-state index contributed by atoms with van der Waals surface area (Å²) in [7, 11) is 0. The molecule has 3 nitrogen and oxygen atoms in total. The highest BCUT2D eigenvalue weighted by molar-refractivity contribution is 9.10. The average molecular weight is 418 g/mol. The maximum absolute atomic E-state index is 4.60. The topological polar surface area (TPSA) is 29.3 Å². The van der Waals surface area contributed by atoms with Crippen molar-refractivity contribution in [3.8, 4) is 0 Å². The second-order valence-electron chi connectivity index (χ2n) is 6.99. The minimum Gasteiger partial charge on any atom is -0.341 e. The Morgan fingerprint density at radius 1 is 1.00 bits per heavy atom. The lowest BCUT2D eigenvalue weighted by Crippen LogP contribution is -2.09. The van der Waals surface area contributed by atoms with E-state index in [1.165, 1.54) is 32.9 Å². The molecule has 0 unspecified atom stereocenters. The van der Waals surface area contributed by atoms with E-state index in [0.29, 0.717) is 0 Å². The Hall–Kier alpha value is -2.59. The molecule has 0 bridgehead atoms. The minimum absolute atomic E-state index is 0.219. The Kier molecular flexibility index (Phi) is 4.01. The van der Waals surface area contributed by atoms with Crippen LogP contribution in [-0.2, 0) is 6.54 Å². The number of hydrogen-bond acceptors (Lipinski definition) is 2. The minimum atomic E-state index is 0.219. The number of nitrogens with one attached hydrogen (secondary N) is 1. The summed E-state index contributed by atoms with van der Waals surface area (Å²) >= 11 is 3.50. The van der Waals surface area contributed by atoms with Gasteiger partial charge < -0.3 is 9.99 Å². The molecule has 0 radical (unpaired) electrons. The number of halogens is 1. The molecule has 0 spiro atoms. The number of aryl methyl sites for hydroxylation is 1. The van der Waals surface area contributed by atoms with Crippen LogP contribution in [0.1, 0.15) is 30.5 Å². The van der Waals surface area contributed by atoms with Crippen LogP contribution in [0.4, 0.5) is 0 Å². The molecule has 5 rings (SSSR count). The van der Waals surface area contributed by atoms with Crippen LogP contribution in [0.25, 0.3) is 21.8 Å². The highest BCUT2D eigenvalue weighted by Crippen LogP contribution is 2.33. The molecule has 1 aliphatic rings. The number of hydrazone groups is 1. The maximum Gasteiger partial charge on any atom is 0.0746 e. The van der Waals surface area contributed by atoms with Gasteiger partial charge in [-0.2, -0.15) is 5.10 Å². The SMILES string of the molecule is CCn1c2ccccc2c2cc([C@H]3CC(c4ccc(Br)cc4)=NN3)ccc21. The zero-order chi connectivity index (χ0) is 18.4. The molecule has 3 aromatic carbocycles. The first kappa shape index (κ1) is 16.6. The molecule has 0 aliphatic carbocycles. The third-order valence-corrected chi connectivity index (χ3v) is 5.97. The quantitative estimate of drug-likeness (QED) is 0.434. The van der Waals surface area contributed by atoms with E-state index in [1.807, 2.05) is 0 Å². The molecule has 0 saturated carbocycles. The maximum atomic E-state index is 4.60. The average Bonchev–Trinajstić information content (AvgIpc) is 3.31. The summed E-state index contributed by atoms with van der Waals surface area (Å²) in [5, 5.41) is 7.25. The van der Waals surface area contributed by atoms with Crippen molar-refractivity contribution in [3.63, 3.8) is 0 Å². The van der Waals surface area contributed by atoms with Crippen molar-refractivity contribution in [1.82, 2.24) is 9.99 Å².